The molecule has 0 heterocycles. The molecule has 3 N–H and O–H groups in total. The van der Waals surface area contributed by atoms with Crippen LogP contribution in [0.2, 0.25) is 0 Å². The van der Waals surface area contributed by atoms with Gasteiger partial charge in [0.15, 0.2) is 0 Å². The van der Waals surface area contributed by atoms with E-state index in [2.05, 4.69) is 5.32 Å². The van der Waals surface area contributed by atoms with Crippen molar-refractivity contribution in [3.63, 3.8) is 0 Å². The van der Waals surface area contributed by atoms with Crippen LogP contribution >= 0.6 is 7.60 Å². The van der Waals surface area contributed by atoms with Gasteiger partial charge in [0.25, 0.3) is 0 Å². The molecular formula is C12H18NO6P. The Morgan fingerprint density at radius 2 is 1.80 bits per heavy atom. The monoisotopic (exact) mass is 303 g/mol. The summed E-state index contributed by atoms with van der Waals surface area (Å²) in [6, 6.07) is 5.07. The lowest BCUT2D eigenvalue weighted by Gasteiger charge is -2.13. The summed E-state index contributed by atoms with van der Waals surface area (Å²) in [6.45, 7) is 0. The van der Waals surface area contributed by atoms with Crippen LogP contribution in [0.25, 0.3) is 0 Å². The summed E-state index contributed by atoms with van der Waals surface area (Å²) in [5, 5.41) is 2.63. The van der Waals surface area contributed by atoms with Crippen molar-refractivity contribution in [3.05, 3.63) is 18.2 Å². The fourth-order valence-corrected chi connectivity index (χ4v) is 2.19. The number of hydrogen-bond donors (Lipinski definition) is 3. The van der Waals surface area contributed by atoms with Crippen LogP contribution in [0.4, 0.5) is 5.69 Å². The second kappa shape index (κ2) is 7.28. The minimum atomic E-state index is -4.06. The van der Waals surface area contributed by atoms with Crippen LogP contribution in [-0.4, -0.2) is 36.1 Å². The van der Waals surface area contributed by atoms with Crippen molar-refractivity contribution < 1.29 is 28.6 Å². The van der Waals surface area contributed by atoms with Crippen molar-refractivity contribution in [1.29, 1.82) is 0 Å². The highest BCUT2D eigenvalue weighted by Crippen LogP contribution is 2.36. The van der Waals surface area contributed by atoms with Gasteiger partial charge in [-0.25, -0.2) is 0 Å². The molecule has 0 spiro atoms. The normalized spacial score (nSPS) is 11.0. The summed E-state index contributed by atoms with van der Waals surface area (Å²) in [4.78, 5) is 29.2. The molecule has 20 heavy (non-hydrogen) atoms. The van der Waals surface area contributed by atoms with E-state index in [9.17, 15) is 9.36 Å². The molecule has 1 aromatic rings. The van der Waals surface area contributed by atoms with E-state index < -0.39 is 7.60 Å². The Morgan fingerprint density at radius 3 is 2.25 bits per heavy atom. The average Bonchev–Trinajstić information content (AvgIpc) is 2.37. The van der Waals surface area contributed by atoms with Crippen molar-refractivity contribution in [1.82, 2.24) is 0 Å². The van der Waals surface area contributed by atoms with Gasteiger partial charge in [-0.15, -0.1) is 0 Å². The first-order chi connectivity index (χ1) is 9.37. The van der Waals surface area contributed by atoms with Crippen LogP contribution < -0.4 is 14.8 Å². The Kier molecular flexibility index (Phi) is 6.01. The van der Waals surface area contributed by atoms with E-state index in [0.717, 1.165) is 0 Å². The van der Waals surface area contributed by atoms with E-state index in [1.54, 1.807) is 18.2 Å². The van der Waals surface area contributed by atoms with E-state index in [1.807, 2.05) is 0 Å². The van der Waals surface area contributed by atoms with Crippen molar-refractivity contribution in [2.24, 2.45) is 0 Å². The zero-order valence-electron chi connectivity index (χ0n) is 11.3. The summed E-state index contributed by atoms with van der Waals surface area (Å²) in [6.07, 6.45) is -0.205. The van der Waals surface area contributed by atoms with Gasteiger partial charge in [0.05, 0.1) is 20.4 Å². The minimum absolute atomic E-state index is 0.00626. The highest BCUT2D eigenvalue weighted by molar-refractivity contribution is 7.51. The molecule has 0 fully saturated rings. The van der Waals surface area contributed by atoms with Crippen molar-refractivity contribution in [2.75, 3.05) is 25.7 Å². The maximum atomic E-state index is 11.8. The summed E-state index contributed by atoms with van der Waals surface area (Å²) < 4.78 is 21.0. The van der Waals surface area contributed by atoms with Gasteiger partial charge < -0.3 is 24.6 Å². The molecule has 0 saturated heterocycles. The molecule has 0 aliphatic rings. The lowest BCUT2D eigenvalue weighted by atomic mass is 10.2. The van der Waals surface area contributed by atoms with Gasteiger partial charge >= 0.3 is 7.60 Å². The van der Waals surface area contributed by atoms with E-state index in [4.69, 9.17) is 19.3 Å². The number of carbonyl (C=O) groups is 1. The first-order valence-electron chi connectivity index (χ1n) is 5.93. The summed E-state index contributed by atoms with van der Waals surface area (Å²) >= 11 is 0. The van der Waals surface area contributed by atoms with E-state index in [1.165, 1.54) is 14.2 Å². The Hall–Kier alpha value is -1.56. The quantitative estimate of drug-likeness (QED) is 0.661. The molecule has 112 valence electrons. The molecular weight excluding hydrogens is 285 g/mol. The Bertz CT molecular complexity index is 490. The Labute approximate surface area is 117 Å². The molecule has 7 nitrogen and oxygen atoms in total. The standard InChI is InChI=1S/C12H18NO6P/c1-18-9-5-3-6-10(19-2)12(9)13-11(14)7-4-8-20(15,16)17/h3,5-6H,4,7-8H2,1-2H3,(H,13,14)(H2,15,16,17). The summed E-state index contributed by atoms with van der Waals surface area (Å²) in [5.74, 6) is 0.543. The first kappa shape index (κ1) is 16.5. The number of anilines is 1. The topological polar surface area (TPSA) is 105 Å². The molecule has 1 rings (SSSR count). The van der Waals surface area contributed by atoms with Gasteiger partial charge in [0.2, 0.25) is 5.91 Å². The fraction of sp³-hybridized carbons (Fsp3) is 0.417. The van der Waals surface area contributed by atoms with Gasteiger partial charge in [0.1, 0.15) is 17.2 Å². The molecule has 0 aliphatic heterocycles. The van der Waals surface area contributed by atoms with Crippen LogP contribution in [0.3, 0.4) is 0 Å². The third kappa shape index (κ3) is 5.21. The molecule has 0 bridgehead atoms. The zero-order valence-corrected chi connectivity index (χ0v) is 12.2. The second-order valence-corrected chi connectivity index (χ2v) is 5.85. The highest BCUT2D eigenvalue weighted by Gasteiger charge is 2.16. The lowest BCUT2D eigenvalue weighted by Crippen LogP contribution is -2.13. The van der Waals surface area contributed by atoms with E-state index in [0.29, 0.717) is 17.2 Å². The van der Waals surface area contributed by atoms with Crippen molar-refractivity contribution in [3.8, 4) is 11.5 Å². The third-order valence-corrected chi connectivity index (χ3v) is 3.44. The number of benzene rings is 1. The van der Waals surface area contributed by atoms with Crippen LogP contribution in [0, 0.1) is 0 Å². The Balaban J connectivity index is 2.68. The molecule has 0 aliphatic carbocycles. The van der Waals surface area contributed by atoms with E-state index in [-0.39, 0.29) is 24.9 Å². The van der Waals surface area contributed by atoms with Gasteiger partial charge in [-0.3, -0.25) is 9.36 Å². The number of para-hydroxylation sites is 1. The first-order valence-corrected chi connectivity index (χ1v) is 7.72. The molecule has 0 aromatic heterocycles. The summed E-state index contributed by atoms with van der Waals surface area (Å²) in [7, 11) is -1.12. The zero-order chi connectivity index (χ0) is 15.2. The molecule has 0 radical (unpaired) electrons. The van der Waals surface area contributed by atoms with Crippen LogP contribution in [0.1, 0.15) is 12.8 Å². The highest BCUT2D eigenvalue weighted by atomic mass is 31.2. The number of amides is 1. The molecule has 1 aromatic carbocycles. The van der Waals surface area contributed by atoms with Crippen LogP contribution in [-0.2, 0) is 9.36 Å². The second-order valence-electron chi connectivity index (χ2n) is 4.08. The summed E-state index contributed by atoms with van der Waals surface area (Å²) in [5.41, 5.74) is 0.402. The van der Waals surface area contributed by atoms with Crippen molar-refractivity contribution >= 4 is 19.2 Å². The van der Waals surface area contributed by atoms with E-state index >= 15 is 0 Å². The number of hydrogen-bond acceptors (Lipinski definition) is 4. The number of methoxy groups -OCH3 is 2. The number of ether oxygens (including phenoxy) is 2. The van der Waals surface area contributed by atoms with Crippen LogP contribution in [0.15, 0.2) is 18.2 Å². The van der Waals surface area contributed by atoms with Crippen molar-refractivity contribution in [2.45, 2.75) is 12.8 Å². The molecule has 0 saturated carbocycles. The van der Waals surface area contributed by atoms with Gasteiger partial charge in [-0.2, -0.15) is 0 Å². The molecule has 8 heteroatoms. The largest absolute Gasteiger partial charge is 0.494 e. The lowest BCUT2D eigenvalue weighted by molar-refractivity contribution is -0.116. The van der Waals surface area contributed by atoms with Gasteiger partial charge in [0, 0.05) is 6.42 Å². The molecule has 0 unspecified atom stereocenters. The third-order valence-electron chi connectivity index (χ3n) is 2.55. The predicted octanol–water partition coefficient (Wildman–Crippen LogP) is 1.60. The number of nitrogens with one attached hydrogen (secondary N) is 1. The predicted molar refractivity (Wildman–Crippen MR) is 74.3 cm³/mol. The SMILES string of the molecule is COc1cccc(OC)c1NC(=O)CCCP(=O)(O)O. The maximum Gasteiger partial charge on any atom is 0.325 e. The Morgan fingerprint density at radius 1 is 1.25 bits per heavy atom. The average molecular weight is 303 g/mol. The maximum absolute atomic E-state index is 11.8. The number of rotatable bonds is 7. The molecule has 1 amide bonds. The van der Waals surface area contributed by atoms with Gasteiger partial charge in [-0.05, 0) is 18.6 Å². The van der Waals surface area contributed by atoms with Gasteiger partial charge in [-0.1, -0.05) is 6.07 Å². The fourth-order valence-electron chi connectivity index (χ4n) is 1.62. The molecule has 0 atom stereocenters. The number of carbonyl (C=O) groups excluding carboxylic acids is 1. The smallest absolute Gasteiger partial charge is 0.325 e. The van der Waals surface area contributed by atoms with Crippen LogP contribution in [0.5, 0.6) is 11.5 Å². The minimum Gasteiger partial charge on any atom is -0.494 e.